The predicted octanol–water partition coefficient (Wildman–Crippen LogP) is 1.43. The first-order chi connectivity index (χ1) is 10.6. The third-order valence-corrected chi connectivity index (χ3v) is 4.57. The van der Waals surface area contributed by atoms with Crippen LogP contribution in [0.5, 0.6) is 0 Å². The van der Waals surface area contributed by atoms with Crippen molar-refractivity contribution in [3.63, 3.8) is 0 Å². The van der Waals surface area contributed by atoms with Gasteiger partial charge in [-0.05, 0) is 19.9 Å². The van der Waals surface area contributed by atoms with Crippen LogP contribution in [0.4, 0.5) is 5.69 Å². The summed E-state index contributed by atoms with van der Waals surface area (Å²) in [6, 6.07) is 2.64. The van der Waals surface area contributed by atoms with E-state index in [9.17, 15) is 0 Å². The Morgan fingerprint density at radius 2 is 2.18 bits per heavy atom. The lowest BCUT2D eigenvalue weighted by Crippen LogP contribution is -2.52. The molecular weight excluding hydrogens is 278 g/mol. The maximum Gasteiger partial charge on any atom is 0.159 e. The van der Waals surface area contributed by atoms with Gasteiger partial charge in [0.15, 0.2) is 5.65 Å². The molecule has 22 heavy (non-hydrogen) atoms. The molecule has 2 aromatic heterocycles. The van der Waals surface area contributed by atoms with Gasteiger partial charge >= 0.3 is 0 Å². The van der Waals surface area contributed by atoms with E-state index >= 15 is 0 Å². The topological polar surface area (TPSA) is 46.4 Å². The Morgan fingerprint density at radius 3 is 2.91 bits per heavy atom. The second-order valence-corrected chi connectivity index (χ2v) is 6.06. The van der Waals surface area contributed by atoms with Crippen LogP contribution in [-0.4, -0.2) is 65.6 Å². The lowest BCUT2D eigenvalue weighted by atomic mass is 10.1. The Morgan fingerprint density at radius 1 is 1.36 bits per heavy atom. The van der Waals surface area contributed by atoms with Crippen molar-refractivity contribution in [2.75, 3.05) is 44.8 Å². The third-order valence-electron chi connectivity index (χ3n) is 4.57. The molecule has 0 bridgehead atoms. The highest BCUT2D eigenvalue weighted by atomic mass is 16.5. The minimum absolute atomic E-state index is 0.518. The molecule has 6 heteroatoms. The van der Waals surface area contributed by atoms with Crippen LogP contribution < -0.4 is 4.90 Å². The van der Waals surface area contributed by atoms with Crippen LogP contribution in [0.25, 0.3) is 11.0 Å². The molecule has 1 atom stereocenters. The Bertz CT molecular complexity index is 653. The van der Waals surface area contributed by atoms with Crippen LogP contribution in [0.2, 0.25) is 0 Å². The lowest BCUT2D eigenvalue weighted by molar-refractivity contribution is 0.117. The molecule has 1 fully saturated rings. The summed E-state index contributed by atoms with van der Waals surface area (Å²) in [6.45, 7) is 9.27. The highest BCUT2D eigenvalue weighted by molar-refractivity contribution is 5.91. The van der Waals surface area contributed by atoms with Gasteiger partial charge < -0.3 is 9.64 Å². The van der Waals surface area contributed by atoms with Crippen LogP contribution in [0.3, 0.4) is 0 Å². The Hall–Kier alpha value is -1.66. The van der Waals surface area contributed by atoms with Crippen LogP contribution in [0.15, 0.2) is 12.3 Å². The SMILES string of the molecule is COCCN1CCN(c2ccnc3c2c(C)nn3C)CC1C. The van der Waals surface area contributed by atoms with Gasteiger partial charge in [0.05, 0.1) is 23.4 Å². The van der Waals surface area contributed by atoms with Crippen molar-refractivity contribution in [1.82, 2.24) is 19.7 Å². The van der Waals surface area contributed by atoms with E-state index in [0.29, 0.717) is 6.04 Å². The van der Waals surface area contributed by atoms with E-state index in [-0.39, 0.29) is 0 Å². The van der Waals surface area contributed by atoms with Gasteiger partial charge in [-0.1, -0.05) is 0 Å². The molecule has 6 nitrogen and oxygen atoms in total. The first kappa shape index (κ1) is 15.2. The Labute approximate surface area is 131 Å². The van der Waals surface area contributed by atoms with Gasteiger partial charge in [-0.25, -0.2) is 4.98 Å². The van der Waals surface area contributed by atoms with Gasteiger partial charge in [-0.2, -0.15) is 5.10 Å². The van der Waals surface area contributed by atoms with Crippen molar-refractivity contribution >= 4 is 16.7 Å². The van der Waals surface area contributed by atoms with Crippen molar-refractivity contribution in [3.05, 3.63) is 18.0 Å². The van der Waals surface area contributed by atoms with E-state index in [1.54, 1.807) is 7.11 Å². The summed E-state index contributed by atoms with van der Waals surface area (Å²) < 4.78 is 7.07. The van der Waals surface area contributed by atoms with Gasteiger partial charge in [0, 0.05) is 52.6 Å². The number of hydrogen-bond donors (Lipinski definition) is 0. The van der Waals surface area contributed by atoms with Crippen LogP contribution in [0.1, 0.15) is 12.6 Å². The molecular formula is C16H25N5O. The number of pyridine rings is 1. The maximum absolute atomic E-state index is 5.21. The summed E-state index contributed by atoms with van der Waals surface area (Å²) in [7, 11) is 3.72. The maximum atomic E-state index is 5.21. The zero-order chi connectivity index (χ0) is 15.7. The highest BCUT2D eigenvalue weighted by Gasteiger charge is 2.25. The average Bonchev–Trinajstić information content (AvgIpc) is 2.81. The number of hydrogen-bond acceptors (Lipinski definition) is 5. The van der Waals surface area contributed by atoms with E-state index in [2.05, 4.69) is 39.8 Å². The van der Waals surface area contributed by atoms with Gasteiger partial charge in [0.2, 0.25) is 0 Å². The number of rotatable bonds is 4. The summed E-state index contributed by atoms with van der Waals surface area (Å²) >= 11 is 0. The van der Waals surface area contributed by atoms with Crippen LogP contribution >= 0.6 is 0 Å². The Balaban J connectivity index is 1.84. The molecule has 0 radical (unpaired) electrons. The second-order valence-electron chi connectivity index (χ2n) is 6.06. The lowest BCUT2D eigenvalue weighted by Gasteiger charge is -2.41. The van der Waals surface area contributed by atoms with Crippen LogP contribution in [0, 0.1) is 6.92 Å². The first-order valence-corrected chi connectivity index (χ1v) is 7.88. The van der Waals surface area contributed by atoms with Gasteiger partial charge in [0.25, 0.3) is 0 Å². The van der Waals surface area contributed by atoms with Crippen molar-refractivity contribution in [1.29, 1.82) is 0 Å². The molecule has 0 aromatic carbocycles. The molecule has 1 unspecified atom stereocenters. The zero-order valence-corrected chi connectivity index (χ0v) is 13.9. The normalized spacial score (nSPS) is 20.0. The van der Waals surface area contributed by atoms with Crippen molar-refractivity contribution in [3.8, 4) is 0 Å². The average molecular weight is 303 g/mol. The number of methoxy groups -OCH3 is 1. The molecule has 1 aliphatic heterocycles. The second kappa shape index (κ2) is 6.22. The molecule has 3 rings (SSSR count). The van der Waals surface area contributed by atoms with Crippen molar-refractivity contribution < 1.29 is 4.74 Å². The van der Waals surface area contributed by atoms with Crippen molar-refractivity contribution in [2.24, 2.45) is 7.05 Å². The summed E-state index contributed by atoms with van der Waals surface area (Å²) in [5.41, 5.74) is 3.27. The number of anilines is 1. The van der Waals surface area contributed by atoms with Gasteiger partial charge in [-0.15, -0.1) is 0 Å². The van der Waals surface area contributed by atoms with Gasteiger partial charge in [-0.3, -0.25) is 9.58 Å². The molecule has 0 amide bonds. The molecule has 2 aromatic rings. The Kier molecular flexibility index (Phi) is 4.31. The molecule has 0 aliphatic carbocycles. The molecule has 1 aliphatic rings. The molecule has 3 heterocycles. The van der Waals surface area contributed by atoms with E-state index in [4.69, 9.17) is 4.74 Å². The number of fused-ring (bicyclic) bond motifs is 1. The largest absolute Gasteiger partial charge is 0.383 e. The molecule has 0 N–H and O–H groups in total. The van der Waals surface area contributed by atoms with Crippen LogP contribution in [-0.2, 0) is 11.8 Å². The van der Waals surface area contributed by atoms with E-state index < -0.39 is 0 Å². The number of ether oxygens (including phenoxy) is 1. The number of aryl methyl sites for hydroxylation is 2. The van der Waals surface area contributed by atoms with E-state index in [1.807, 2.05) is 17.9 Å². The summed E-state index contributed by atoms with van der Waals surface area (Å²) in [6.07, 6.45) is 1.89. The minimum atomic E-state index is 0.518. The summed E-state index contributed by atoms with van der Waals surface area (Å²) in [5.74, 6) is 0. The number of piperazine rings is 1. The number of nitrogens with zero attached hydrogens (tertiary/aromatic N) is 5. The predicted molar refractivity (Wildman–Crippen MR) is 88.4 cm³/mol. The van der Waals surface area contributed by atoms with Gasteiger partial charge in [0.1, 0.15) is 0 Å². The molecule has 120 valence electrons. The quantitative estimate of drug-likeness (QED) is 0.855. The summed E-state index contributed by atoms with van der Waals surface area (Å²) in [4.78, 5) is 9.44. The fraction of sp³-hybridized carbons (Fsp3) is 0.625. The fourth-order valence-electron chi connectivity index (χ4n) is 3.37. The smallest absolute Gasteiger partial charge is 0.159 e. The summed E-state index contributed by atoms with van der Waals surface area (Å²) in [5, 5.41) is 5.70. The standard InChI is InChI=1S/C16H25N5O/c1-12-11-21(8-7-20(12)9-10-22-4)14-5-6-17-16-15(14)13(2)18-19(16)3/h5-6,12H,7-11H2,1-4H3. The minimum Gasteiger partial charge on any atom is -0.383 e. The van der Waals surface area contributed by atoms with E-state index in [0.717, 1.165) is 44.1 Å². The fourth-order valence-corrected chi connectivity index (χ4v) is 3.37. The molecule has 0 spiro atoms. The van der Waals surface area contributed by atoms with Crippen molar-refractivity contribution in [2.45, 2.75) is 19.9 Å². The first-order valence-electron chi connectivity index (χ1n) is 7.88. The molecule has 0 saturated carbocycles. The third kappa shape index (κ3) is 2.68. The monoisotopic (exact) mass is 303 g/mol. The number of aromatic nitrogens is 3. The highest BCUT2D eigenvalue weighted by Crippen LogP contribution is 2.29. The van der Waals surface area contributed by atoms with E-state index in [1.165, 1.54) is 11.1 Å². The zero-order valence-electron chi connectivity index (χ0n) is 13.9. The molecule has 1 saturated heterocycles.